The molecule has 0 spiro atoms. The van der Waals surface area contributed by atoms with Crippen molar-refractivity contribution in [3.63, 3.8) is 0 Å². The van der Waals surface area contributed by atoms with Crippen molar-refractivity contribution in [2.45, 2.75) is 0 Å². The molecule has 0 aliphatic rings. The first-order valence-electron chi connectivity index (χ1n) is 0.408. The van der Waals surface area contributed by atoms with Crippen molar-refractivity contribution >= 4 is 13.6 Å². The fourth-order valence-electron chi connectivity index (χ4n) is 0. The van der Waals surface area contributed by atoms with E-state index in [0.29, 0.717) is 0 Å². The van der Waals surface area contributed by atoms with Gasteiger partial charge in [-0.05, 0) is 0 Å². The first-order chi connectivity index (χ1) is 2.00. The third-order valence-corrected chi connectivity index (χ3v) is 0. The molecule has 0 saturated heterocycles. The van der Waals surface area contributed by atoms with E-state index in [4.69, 9.17) is 9.59 Å². The zero-order valence-corrected chi connectivity index (χ0v) is 4.91. The summed E-state index contributed by atoms with van der Waals surface area (Å²) in [7, 11) is 0. The summed E-state index contributed by atoms with van der Waals surface area (Å²) < 4.78 is 0. The molecule has 27 valence electrons. The van der Waals surface area contributed by atoms with Crippen molar-refractivity contribution in [3.8, 4) is 0 Å². The molecule has 0 saturated carbocycles. The molecule has 2 nitrogen and oxygen atoms in total. The van der Waals surface area contributed by atoms with Gasteiger partial charge in [-0.3, -0.25) is 9.59 Å². The van der Waals surface area contributed by atoms with Gasteiger partial charge in [0.25, 0.3) is 13.6 Å². The molecule has 0 aromatic heterocycles. The van der Waals surface area contributed by atoms with Crippen LogP contribution in [0.15, 0.2) is 0 Å². The minimum absolute atomic E-state index is 0. The Morgan fingerprint density at radius 2 is 0.800 bits per heavy atom. The van der Waals surface area contributed by atoms with Gasteiger partial charge in [-0.1, -0.05) is 0 Å². The van der Waals surface area contributed by atoms with Crippen molar-refractivity contribution in [1.82, 2.24) is 0 Å². The van der Waals surface area contributed by atoms with Gasteiger partial charge in [0.15, 0.2) is 0 Å². The molecule has 5 heavy (non-hydrogen) atoms. The summed E-state index contributed by atoms with van der Waals surface area (Å²) in [5.41, 5.74) is 0. The Labute approximate surface area is 44.2 Å². The molecule has 0 aliphatic heterocycles. The first kappa shape index (κ1) is 20.0. The van der Waals surface area contributed by atoms with E-state index in [2.05, 4.69) is 13.6 Å². The zero-order valence-electron chi connectivity index (χ0n) is 2.19. The predicted octanol–water partition coefficient (Wildman–Crippen LogP) is -0.797. The third kappa shape index (κ3) is 2940000. The van der Waals surface area contributed by atoms with Crippen molar-refractivity contribution < 1.29 is 30.0 Å². The zero-order chi connectivity index (χ0) is 4.00. The Kier molecular flexibility index (Phi) is 26400000. The molecule has 3 heteroatoms. The Morgan fingerprint density at radius 1 is 0.800 bits per heavy atom. The summed E-state index contributed by atoms with van der Waals surface area (Å²) in [6, 6.07) is 0. The second-order valence-corrected chi connectivity index (χ2v) is 0. The molecule has 0 unspecified atom stereocenters. The topological polar surface area (TPSA) is 34.1 Å². The van der Waals surface area contributed by atoms with E-state index >= 15 is 0 Å². The second kappa shape index (κ2) is 6600000. The summed E-state index contributed by atoms with van der Waals surface area (Å²) in [5.74, 6) is 0. The van der Waals surface area contributed by atoms with Crippen LogP contribution >= 0.6 is 0 Å². The maximum absolute atomic E-state index is 7.50. The summed E-state index contributed by atoms with van der Waals surface area (Å²) in [6.07, 6.45) is 0. The van der Waals surface area contributed by atoms with Crippen molar-refractivity contribution in [1.29, 1.82) is 0 Å². The van der Waals surface area contributed by atoms with Gasteiger partial charge in [0.05, 0.1) is 0 Å². The molecule has 0 aromatic rings. The van der Waals surface area contributed by atoms with Crippen LogP contribution in [0, 0.1) is 0 Å². The largest absolute Gasteiger partial charge is 0.281 e. The summed E-state index contributed by atoms with van der Waals surface area (Å²) >= 11 is 0. The molecule has 0 aromatic carbocycles. The minimum atomic E-state index is 0. The third-order valence-electron chi connectivity index (χ3n) is 0. The molecule has 0 heterocycles. The van der Waals surface area contributed by atoms with E-state index in [0.717, 1.165) is 0 Å². The molecule has 0 amide bonds. The smallest absolute Gasteiger partial charge is 0.281 e. The summed E-state index contributed by atoms with van der Waals surface area (Å²) in [5, 5.41) is 0. The molecular formula is C2O2Re. The van der Waals surface area contributed by atoms with Gasteiger partial charge >= 0.3 is 0 Å². The van der Waals surface area contributed by atoms with Crippen LogP contribution in [0.25, 0.3) is 0 Å². The Morgan fingerprint density at radius 3 is 0.800 bits per heavy atom. The second-order valence-electron chi connectivity index (χ2n) is 0. The Hall–Kier alpha value is 0.00234. The molecule has 0 N–H and O–H groups in total. The Balaban J connectivity index is -0.0000000133. The Bertz CT molecular complexity index is 9.61. The summed E-state index contributed by atoms with van der Waals surface area (Å²) in [6.45, 7) is 9.00. The van der Waals surface area contributed by atoms with Crippen molar-refractivity contribution in [2.24, 2.45) is 0 Å². The number of hydrogen-bond donors (Lipinski definition) is 0. The molecule has 5 radical (unpaired) electrons. The average Bonchev–Trinajstić information content (AvgIpc) is 1.50. The van der Waals surface area contributed by atoms with Gasteiger partial charge in [-0.2, -0.15) is 0 Å². The monoisotopic (exact) mass is 243 g/mol. The van der Waals surface area contributed by atoms with Crippen molar-refractivity contribution in [3.05, 3.63) is 0 Å². The normalized spacial score (nSPS) is 1.60. The van der Waals surface area contributed by atoms with Crippen LogP contribution in [0.2, 0.25) is 0 Å². The van der Waals surface area contributed by atoms with E-state index < -0.39 is 0 Å². The van der Waals surface area contributed by atoms with E-state index in [9.17, 15) is 0 Å². The van der Waals surface area contributed by atoms with Gasteiger partial charge in [0.2, 0.25) is 0 Å². The van der Waals surface area contributed by atoms with Gasteiger partial charge in [0, 0.05) is 20.4 Å². The van der Waals surface area contributed by atoms with Gasteiger partial charge in [-0.25, -0.2) is 0 Å². The number of carbonyl (C=O) groups excluding carboxylic acids is 2. The van der Waals surface area contributed by atoms with Crippen molar-refractivity contribution in [2.75, 3.05) is 0 Å². The van der Waals surface area contributed by atoms with E-state index in [1.54, 1.807) is 0 Å². The van der Waals surface area contributed by atoms with Crippen LogP contribution in [0.5, 0.6) is 0 Å². The van der Waals surface area contributed by atoms with Crippen LogP contribution in [-0.2, 0) is 30.0 Å². The van der Waals surface area contributed by atoms with E-state index in [1.807, 2.05) is 0 Å². The van der Waals surface area contributed by atoms with Crippen LogP contribution < -0.4 is 0 Å². The summed E-state index contributed by atoms with van der Waals surface area (Å²) in [4.78, 5) is 15.0. The minimum Gasteiger partial charge on any atom is -0.281 e. The fraction of sp³-hybridized carbons (Fsp3) is 0. The molecule has 0 aliphatic carbocycles. The maximum Gasteiger partial charge on any atom is 0.281 e. The van der Waals surface area contributed by atoms with Crippen LogP contribution in [0.3, 0.4) is 0 Å². The fourth-order valence-corrected chi connectivity index (χ4v) is 0. The SMILES string of the molecule is [C]=O.[C]=O.[Re]. The van der Waals surface area contributed by atoms with Crippen LogP contribution in [0.4, 0.5) is 0 Å². The number of rotatable bonds is 0. The standard InChI is InChI=1S/2CO.Re/c2*1-2;. The molecule has 0 bridgehead atoms. The van der Waals surface area contributed by atoms with Gasteiger partial charge < -0.3 is 0 Å². The maximum atomic E-state index is 7.50. The van der Waals surface area contributed by atoms with Gasteiger partial charge in [-0.15, -0.1) is 0 Å². The van der Waals surface area contributed by atoms with E-state index in [-0.39, 0.29) is 20.4 Å². The van der Waals surface area contributed by atoms with Gasteiger partial charge in [0.1, 0.15) is 0 Å². The molecular weight excluding hydrogens is 242 g/mol. The molecule has 0 fully saturated rings. The molecule has 0 atom stereocenters. The predicted molar refractivity (Wildman–Crippen MR) is 11.4 cm³/mol. The quantitative estimate of drug-likeness (QED) is 0.557. The average molecular weight is 242 g/mol. The first-order valence-corrected chi connectivity index (χ1v) is 0.408. The number of hydrogen-bond acceptors (Lipinski definition) is 2. The van der Waals surface area contributed by atoms with Crippen LogP contribution in [0.1, 0.15) is 0 Å². The van der Waals surface area contributed by atoms with E-state index in [1.165, 1.54) is 0 Å². The van der Waals surface area contributed by atoms with Crippen LogP contribution in [-0.4, -0.2) is 13.6 Å². The molecule has 0 rings (SSSR count).